The van der Waals surface area contributed by atoms with Gasteiger partial charge in [-0.15, -0.1) is 0 Å². The Kier molecular flexibility index (Phi) is 4.82. The lowest BCUT2D eigenvalue weighted by Gasteiger charge is -2.18. The highest BCUT2D eigenvalue weighted by molar-refractivity contribution is 6.12. The van der Waals surface area contributed by atoms with Crippen molar-refractivity contribution < 1.29 is 9.84 Å². The molecule has 0 unspecified atom stereocenters. The molecule has 3 atom stereocenters. The number of aliphatic hydroxyl groups is 1. The van der Waals surface area contributed by atoms with Gasteiger partial charge in [0, 0.05) is 12.5 Å². The largest absolute Gasteiger partial charge is 0.393 e. The lowest BCUT2D eigenvalue weighted by molar-refractivity contribution is 0.0436. The molecule has 0 heterocycles. The Bertz CT molecular complexity index is 131. The Morgan fingerprint density at radius 2 is 2.23 bits per heavy atom. The van der Waals surface area contributed by atoms with Crippen molar-refractivity contribution in [3.63, 3.8) is 0 Å². The van der Waals surface area contributed by atoms with Crippen LogP contribution >= 0.6 is 0 Å². The van der Waals surface area contributed by atoms with Crippen LogP contribution in [0.2, 0.25) is 5.82 Å². The van der Waals surface area contributed by atoms with Crippen molar-refractivity contribution in [3.05, 3.63) is 0 Å². The number of rotatable bonds is 5. The lowest BCUT2D eigenvalue weighted by atomic mass is 9.79. The standard InChI is InChI=1S/C10H21BO2/c1-2-3-6-13-7-8-9(11)4-5-10(8)12/h8-10,12H,2-7,11H2,1H3/t8-,9+,10-/m0/s1. The molecule has 0 amide bonds. The maximum absolute atomic E-state index is 9.64. The maximum Gasteiger partial charge on any atom is 0.105 e. The Morgan fingerprint density at radius 1 is 1.46 bits per heavy atom. The highest BCUT2D eigenvalue weighted by Crippen LogP contribution is 2.34. The van der Waals surface area contributed by atoms with Crippen LogP contribution in [0.15, 0.2) is 0 Å². The van der Waals surface area contributed by atoms with Crippen molar-refractivity contribution in [2.24, 2.45) is 5.92 Å². The molecule has 13 heavy (non-hydrogen) atoms. The smallest absolute Gasteiger partial charge is 0.105 e. The van der Waals surface area contributed by atoms with Crippen molar-refractivity contribution >= 4 is 7.85 Å². The molecule has 0 aromatic rings. The summed E-state index contributed by atoms with van der Waals surface area (Å²) in [7, 11) is 2.21. The summed E-state index contributed by atoms with van der Waals surface area (Å²) in [5.74, 6) is 1.02. The maximum atomic E-state index is 9.64. The van der Waals surface area contributed by atoms with Gasteiger partial charge < -0.3 is 9.84 Å². The van der Waals surface area contributed by atoms with Gasteiger partial charge >= 0.3 is 0 Å². The Hall–Kier alpha value is -0.0151. The van der Waals surface area contributed by atoms with Gasteiger partial charge in [0.15, 0.2) is 0 Å². The first kappa shape index (κ1) is 11.1. The minimum absolute atomic E-state index is 0.114. The highest BCUT2D eigenvalue weighted by Gasteiger charge is 2.31. The fourth-order valence-corrected chi connectivity index (χ4v) is 1.98. The van der Waals surface area contributed by atoms with Crippen LogP contribution in [-0.2, 0) is 4.74 Å². The summed E-state index contributed by atoms with van der Waals surface area (Å²) in [5, 5.41) is 9.64. The zero-order valence-electron chi connectivity index (χ0n) is 8.83. The Morgan fingerprint density at radius 3 is 2.77 bits per heavy atom. The van der Waals surface area contributed by atoms with Gasteiger partial charge in [0.2, 0.25) is 0 Å². The molecular weight excluding hydrogens is 163 g/mol. The van der Waals surface area contributed by atoms with E-state index in [4.69, 9.17) is 4.74 Å². The monoisotopic (exact) mass is 184 g/mol. The second-order valence-corrected chi connectivity index (χ2v) is 4.21. The summed E-state index contributed by atoms with van der Waals surface area (Å²) in [6.07, 6.45) is 4.32. The van der Waals surface area contributed by atoms with E-state index in [1.54, 1.807) is 0 Å². The predicted octanol–water partition coefficient (Wildman–Crippen LogP) is 0.996. The third-order valence-corrected chi connectivity index (χ3v) is 3.10. The number of hydrogen-bond acceptors (Lipinski definition) is 2. The third-order valence-electron chi connectivity index (χ3n) is 3.10. The van der Waals surface area contributed by atoms with E-state index in [1.807, 2.05) is 0 Å². The van der Waals surface area contributed by atoms with Crippen LogP contribution in [0.25, 0.3) is 0 Å². The van der Waals surface area contributed by atoms with E-state index < -0.39 is 0 Å². The molecule has 1 fully saturated rings. The van der Waals surface area contributed by atoms with Crippen molar-refractivity contribution in [2.45, 2.75) is 44.5 Å². The molecule has 1 aliphatic rings. The Labute approximate surface area is 82.1 Å². The fourth-order valence-electron chi connectivity index (χ4n) is 1.98. The molecule has 0 saturated heterocycles. The number of aliphatic hydroxyl groups excluding tert-OH is 1. The van der Waals surface area contributed by atoms with Crippen LogP contribution in [-0.4, -0.2) is 32.3 Å². The summed E-state index contributed by atoms with van der Waals surface area (Å²) < 4.78 is 5.54. The zero-order valence-corrected chi connectivity index (χ0v) is 8.83. The normalized spacial score (nSPS) is 33.8. The molecule has 0 spiro atoms. The quantitative estimate of drug-likeness (QED) is 0.510. The van der Waals surface area contributed by atoms with E-state index >= 15 is 0 Å². The topological polar surface area (TPSA) is 29.5 Å². The first-order chi connectivity index (χ1) is 6.25. The molecule has 0 aliphatic heterocycles. The molecule has 0 aromatic carbocycles. The van der Waals surface area contributed by atoms with Crippen molar-refractivity contribution in [2.75, 3.05) is 13.2 Å². The number of ether oxygens (including phenoxy) is 1. The number of unbranched alkanes of at least 4 members (excludes halogenated alkanes) is 1. The average molecular weight is 184 g/mol. The van der Waals surface area contributed by atoms with Gasteiger partial charge in [0.05, 0.1) is 12.7 Å². The van der Waals surface area contributed by atoms with Gasteiger partial charge in [-0.2, -0.15) is 0 Å². The van der Waals surface area contributed by atoms with E-state index in [9.17, 15) is 5.11 Å². The fraction of sp³-hybridized carbons (Fsp3) is 1.00. The molecule has 0 aromatic heterocycles. The Balaban J connectivity index is 2.12. The molecule has 1 rings (SSSR count). The van der Waals surface area contributed by atoms with Crippen LogP contribution < -0.4 is 0 Å². The van der Waals surface area contributed by atoms with Crippen LogP contribution in [0.1, 0.15) is 32.6 Å². The second-order valence-electron chi connectivity index (χ2n) is 4.21. The van der Waals surface area contributed by atoms with Gasteiger partial charge in [-0.05, 0) is 12.8 Å². The zero-order chi connectivity index (χ0) is 9.68. The van der Waals surface area contributed by atoms with Gasteiger partial charge in [0.1, 0.15) is 7.85 Å². The van der Waals surface area contributed by atoms with Gasteiger partial charge in [-0.1, -0.05) is 25.6 Å². The molecule has 1 aliphatic carbocycles. The molecule has 3 heteroatoms. The van der Waals surface area contributed by atoms with Gasteiger partial charge in [-0.3, -0.25) is 0 Å². The molecule has 2 nitrogen and oxygen atoms in total. The van der Waals surface area contributed by atoms with Crippen LogP contribution in [0.5, 0.6) is 0 Å². The first-order valence-electron chi connectivity index (χ1n) is 5.51. The van der Waals surface area contributed by atoms with Crippen LogP contribution in [0.3, 0.4) is 0 Å². The highest BCUT2D eigenvalue weighted by atomic mass is 16.5. The molecule has 0 radical (unpaired) electrons. The van der Waals surface area contributed by atoms with E-state index in [0.717, 1.165) is 32.5 Å². The summed E-state index contributed by atoms with van der Waals surface area (Å²) in [6.45, 7) is 3.77. The van der Waals surface area contributed by atoms with Crippen molar-refractivity contribution in [1.29, 1.82) is 0 Å². The minimum Gasteiger partial charge on any atom is -0.393 e. The average Bonchev–Trinajstić information content (AvgIpc) is 2.42. The first-order valence-corrected chi connectivity index (χ1v) is 5.51. The summed E-state index contributed by atoms with van der Waals surface area (Å²) in [6, 6.07) is 0. The number of hydrogen-bond donors (Lipinski definition) is 1. The van der Waals surface area contributed by atoms with E-state index in [1.165, 1.54) is 6.42 Å². The lowest BCUT2D eigenvalue weighted by Crippen LogP contribution is -2.22. The van der Waals surface area contributed by atoms with Crippen molar-refractivity contribution in [1.82, 2.24) is 0 Å². The van der Waals surface area contributed by atoms with Gasteiger partial charge in [-0.25, -0.2) is 0 Å². The summed E-state index contributed by atoms with van der Waals surface area (Å²) in [5.41, 5.74) is 0. The van der Waals surface area contributed by atoms with Crippen LogP contribution in [0, 0.1) is 5.92 Å². The van der Waals surface area contributed by atoms with Crippen LogP contribution in [0.4, 0.5) is 0 Å². The molecule has 1 saturated carbocycles. The van der Waals surface area contributed by atoms with Gasteiger partial charge in [0.25, 0.3) is 0 Å². The van der Waals surface area contributed by atoms with E-state index in [2.05, 4.69) is 14.8 Å². The predicted molar refractivity (Wildman–Crippen MR) is 56.8 cm³/mol. The SMILES string of the molecule is B[C@@H]1CC[C@H](O)[C@H]1COCCCC. The van der Waals surface area contributed by atoms with E-state index in [0.29, 0.717) is 11.7 Å². The molecule has 1 N–H and O–H groups in total. The van der Waals surface area contributed by atoms with E-state index in [-0.39, 0.29) is 6.10 Å². The second kappa shape index (κ2) is 5.66. The third kappa shape index (κ3) is 3.32. The minimum atomic E-state index is -0.114. The molecular formula is C10H21BO2. The summed E-state index contributed by atoms with van der Waals surface area (Å²) in [4.78, 5) is 0. The molecule has 0 bridgehead atoms. The summed E-state index contributed by atoms with van der Waals surface area (Å²) >= 11 is 0. The molecule has 76 valence electrons. The van der Waals surface area contributed by atoms with Crippen molar-refractivity contribution in [3.8, 4) is 0 Å².